The summed E-state index contributed by atoms with van der Waals surface area (Å²) in [7, 11) is 0. The molecule has 0 bridgehead atoms. The molecule has 3 aliphatic rings. The highest BCUT2D eigenvalue weighted by molar-refractivity contribution is 6.11. The van der Waals surface area contributed by atoms with Crippen molar-refractivity contribution in [1.82, 2.24) is 0 Å². The highest BCUT2D eigenvalue weighted by Crippen LogP contribution is 2.52. The van der Waals surface area contributed by atoms with Crippen LogP contribution in [0, 0.1) is 13.8 Å². The molecule has 1 saturated carbocycles. The molecular weight excluding hydrogens is 428 g/mol. The second kappa shape index (κ2) is 7.73. The number of hydrogen-bond donors (Lipinski definition) is 0. The summed E-state index contributed by atoms with van der Waals surface area (Å²) in [5, 5.41) is 0. The Morgan fingerprint density at radius 1 is 1.06 bits per heavy atom. The molecule has 1 atom stereocenters. The van der Waals surface area contributed by atoms with Gasteiger partial charge >= 0.3 is 0 Å². The normalized spacial score (nSPS) is 18.8. The molecule has 5 heteroatoms. The molecule has 1 fully saturated rings. The summed E-state index contributed by atoms with van der Waals surface area (Å²) < 4.78 is 17.9. The molecule has 2 heterocycles. The number of carbonyl (C=O) groups is 2. The minimum absolute atomic E-state index is 0.129. The molecule has 2 aliphatic heterocycles. The Kier molecular flexibility index (Phi) is 4.76. The van der Waals surface area contributed by atoms with E-state index in [1.807, 2.05) is 43.3 Å². The van der Waals surface area contributed by atoms with E-state index < -0.39 is 5.60 Å². The number of carbonyl (C=O) groups excluding carboxylic acids is 2. The van der Waals surface area contributed by atoms with Gasteiger partial charge in [-0.3, -0.25) is 4.79 Å². The standard InChI is InChI=1S/C29H26O5/c1-17-12-25-27(28(31)29(34-25)9-10-29)18(2)26(17)20-5-3-4-19(13-20)15-32-22-6-7-23-21(8-11-30)16-33-24(23)14-22/h3-7,11-14,21H,8-10,15-16H2,1-2H3. The SMILES string of the molecule is Cc1cc2c(c(C)c1-c1cccc(COc3ccc4c(c3)OCC4CC=O)c1)C(=O)C1(CC1)O2. The van der Waals surface area contributed by atoms with Gasteiger partial charge in [-0.05, 0) is 72.7 Å². The van der Waals surface area contributed by atoms with Crippen molar-refractivity contribution in [2.45, 2.75) is 51.2 Å². The lowest BCUT2D eigenvalue weighted by Gasteiger charge is -2.15. The third-order valence-electron chi connectivity index (χ3n) is 7.26. The van der Waals surface area contributed by atoms with Crippen LogP contribution in [0.5, 0.6) is 17.2 Å². The number of Topliss-reactive ketones (excluding diaryl/α,β-unsaturated/α-hetero) is 1. The second-order valence-corrected chi connectivity index (χ2v) is 9.59. The summed E-state index contributed by atoms with van der Waals surface area (Å²) in [6, 6.07) is 16.1. The summed E-state index contributed by atoms with van der Waals surface area (Å²) in [6.07, 6.45) is 3.04. The van der Waals surface area contributed by atoms with Crippen LogP contribution in [0.4, 0.5) is 0 Å². The summed E-state index contributed by atoms with van der Waals surface area (Å²) in [5.74, 6) is 2.52. The smallest absolute Gasteiger partial charge is 0.210 e. The van der Waals surface area contributed by atoms with Crippen LogP contribution < -0.4 is 14.2 Å². The van der Waals surface area contributed by atoms with Crippen LogP contribution in [0.15, 0.2) is 48.5 Å². The molecule has 0 N–H and O–H groups in total. The fraction of sp³-hybridized carbons (Fsp3) is 0.310. The largest absolute Gasteiger partial charge is 0.492 e. The fourth-order valence-electron chi connectivity index (χ4n) is 5.32. The first-order valence-corrected chi connectivity index (χ1v) is 11.8. The number of ether oxygens (including phenoxy) is 3. The van der Waals surface area contributed by atoms with Crippen LogP contribution >= 0.6 is 0 Å². The van der Waals surface area contributed by atoms with E-state index in [2.05, 4.69) is 19.1 Å². The van der Waals surface area contributed by atoms with Crippen molar-refractivity contribution >= 4 is 12.1 Å². The third kappa shape index (κ3) is 3.30. The molecule has 1 aliphatic carbocycles. The van der Waals surface area contributed by atoms with Crippen molar-refractivity contribution in [2.24, 2.45) is 0 Å². The van der Waals surface area contributed by atoms with E-state index in [1.165, 1.54) is 0 Å². The van der Waals surface area contributed by atoms with Gasteiger partial charge in [-0.1, -0.05) is 24.3 Å². The van der Waals surface area contributed by atoms with Gasteiger partial charge in [-0.15, -0.1) is 0 Å². The highest BCUT2D eigenvalue weighted by atomic mass is 16.5. The zero-order valence-electron chi connectivity index (χ0n) is 19.4. The average Bonchev–Trinajstić information content (AvgIpc) is 3.42. The summed E-state index contributed by atoms with van der Waals surface area (Å²) in [6.45, 7) is 5.04. The van der Waals surface area contributed by atoms with Crippen LogP contribution in [-0.4, -0.2) is 24.3 Å². The molecule has 34 heavy (non-hydrogen) atoms. The zero-order valence-corrected chi connectivity index (χ0v) is 19.4. The summed E-state index contributed by atoms with van der Waals surface area (Å²) >= 11 is 0. The number of ketones is 1. The predicted octanol–water partition coefficient (Wildman–Crippen LogP) is 5.72. The fourth-order valence-corrected chi connectivity index (χ4v) is 5.32. The maximum Gasteiger partial charge on any atom is 0.210 e. The quantitative estimate of drug-likeness (QED) is 0.446. The van der Waals surface area contributed by atoms with Crippen LogP contribution in [0.25, 0.3) is 11.1 Å². The lowest BCUT2D eigenvalue weighted by Crippen LogP contribution is -2.22. The molecule has 1 spiro atoms. The number of rotatable bonds is 6. The number of hydrogen-bond acceptors (Lipinski definition) is 5. The van der Waals surface area contributed by atoms with Crippen molar-refractivity contribution in [1.29, 1.82) is 0 Å². The number of fused-ring (bicyclic) bond motifs is 2. The summed E-state index contributed by atoms with van der Waals surface area (Å²) in [5.41, 5.74) is 6.50. The Labute approximate surface area is 198 Å². The molecule has 3 aromatic carbocycles. The minimum Gasteiger partial charge on any atom is -0.492 e. The molecule has 5 nitrogen and oxygen atoms in total. The predicted molar refractivity (Wildman–Crippen MR) is 128 cm³/mol. The first-order valence-electron chi connectivity index (χ1n) is 11.8. The van der Waals surface area contributed by atoms with Crippen LogP contribution in [0.3, 0.4) is 0 Å². The van der Waals surface area contributed by atoms with E-state index in [-0.39, 0.29) is 11.7 Å². The first-order chi connectivity index (χ1) is 16.5. The lowest BCUT2D eigenvalue weighted by atomic mass is 9.89. The number of aryl methyl sites for hydroxylation is 1. The topological polar surface area (TPSA) is 61.8 Å². The maximum atomic E-state index is 13.0. The zero-order chi connectivity index (χ0) is 23.4. The second-order valence-electron chi connectivity index (χ2n) is 9.59. The lowest BCUT2D eigenvalue weighted by molar-refractivity contribution is -0.108. The van der Waals surface area contributed by atoms with Gasteiger partial charge in [0.15, 0.2) is 5.60 Å². The van der Waals surface area contributed by atoms with E-state index in [0.717, 1.165) is 75.3 Å². The molecular formula is C29H26O5. The Balaban J connectivity index is 1.24. The molecule has 1 unspecified atom stereocenters. The van der Waals surface area contributed by atoms with Crippen LogP contribution in [0.1, 0.15) is 57.8 Å². The van der Waals surface area contributed by atoms with Crippen molar-refractivity contribution in [3.63, 3.8) is 0 Å². The van der Waals surface area contributed by atoms with Gasteiger partial charge in [0.2, 0.25) is 5.78 Å². The average molecular weight is 455 g/mol. The Morgan fingerprint density at radius 2 is 1.91 bits per heavy atom. The van der Waals surface area contributed by atoms with Crippen molar-refractivity contribution in [3.05, 3.63) is 76.3 Å². The molecule has 0 aromatic heterocycles. The Morgan fingerprint density at radius 3 is 2.71 bits per heavy atom. The van der Waals surface area contributed by atoms with Crippen LogP contribution in [0.2, 0.25) is 0 Å². The van der Waals surface area contributed by atoms with Crippen molar-refractivity contribution in [2.75, 3.05) is 6.61 Å². The molecule has 0 saturated heterocycles. The van der Waals surface area contributed by atoms with Gasteiger partial charge in [-0.2, -0.15) is 0 Å². The van der Waals surface area contributed by atoms with Gasteiger partial charge in [0, 0.05) is 24.0 Å². The van der Waals surface area contributed by atoms with Gasteiger partial charge < -0.3 is 19.0 Å². The Bertz CT molecular complexity index is 1330. The molecule has 3 aromatic rings. The summed E-state index contributed by atoms with van der Waals surface area (Å²) in [4.78, 5) is 23.9. The molecule has 0 amide bonds. The molecule has 6 rings (SSSR count). The van der Waals surface area contributed by atoms with Gasteiger partial charge in [-0.25, -0.2) is 0 Å². The number of benzene rings is 3. The van der Waals surface area contributed by atoms with E-state index in [4.69, 9.17) is 14.2 Å². The number of aldehydes is 1. The van der Waals surface area contributed by atoms with E-state index >= 15 is 0 Å². The van der Waals surface area contributed by atoms with E-state index in [0.29, 0.717) is 19.6 Å². The van der Waals surface area contributed by atoms with E-state index in [1.54, 1.807) is 0 Å². The van der Waals surface area contributed by atoms with E-state index in [9.17, 15) is 9.59 Å². The Hall–Kier alpha value is -3.60. The van der Waals surface area contributed by atoms with Gasteiger partial charge in [0.25, 0.3) is 0 Å². The van der Waals surface area contributed by atoms with Crippen molar-refractivity contribution < 1.29 is 23.8 Å². The minimum atomic E-state index is -0.583. The maximum absolute atomic E-state index is 13.0. The monoisotopic (exact) mass is 454 g/mol. The molecule has 0 radical (unpaired) electrons. The van der Waals surface area contributed by atoms with Crippen LogP contribution in [-0.2, 0) is 11.4 Å². The van der Waals surface area contributed by atoms with Gasteiger partial charge in [0.05, 0.1) is 12.2 Å². The highest BCUT2D eigenvalue weighted by Gasteiger charge is 2.58. The third-order valence-corrected chi connectivity index (χ3v) is 7.26. The van der Waals surface area contributed by atoms with Crippen molar-refractivity contribution in [3.8, 4) is 28.4 Å². The molecule has 172 valence electrons. The first kappa shape index (κ1) is 21.0. The van der Waals surface area contributed by atoms with Gasteiger partial charge in [0.1, 0.15) is 30.1 Å².